The van der Waals surface area contributed by atoms with Gasteiger partial charge in [-0.3, -0.25) is 14.6 Å². The van der Waals surface area contributed by atoms with Crippen molar-refractivity contribution in [3.05, 3.63) is 35.4 Å². The van der Waals surface area contributed by atoms with E-state index in [0.717, 1.165) is 12.8 Å². The van der Waals surface area contributed by atoms with E-state index in [2.05, 4.69) is 4.99 Å². The number of benzene rings is 1. The summed E-state index contributed by atoms with van der Waals surface area (Å²) in [4.78, 5) is 29.3. The van der Waals surface area contributed by atoms with Crippen LogP contribution in [-0.2, 0) is 0 Å². The minimum atomic E-state index is -0.669. The zero-order chi connectivity index (χ0) is 13.4. The lowest BCUT2D eigenvalue weighted by molar-refractivity contribution is 0.0883. The standard InChI is InChI=1S/C16H17NO2/c1-10(17-11-6-2-3-7-11)14-15(18)12-8-4-5-9-13(12)16(14)19/h4-5,8-9,11,14H,2-3,6-7H2,1H3. The van der Waals surface area contributed by atoms with Crippen molar-refractivity contribution in [2.75, 3.05) is 0 Å². The van der Waals surface area contributed by atoms with Crippen LogP contribution in [0.3, 0.4) is 0 Å². The van der Waals surface area contributed by atoms with Gasteiger partial charge in [-0.1, -0.05) is 37.1 Å². The number of aliphatic imine (C=N–C) groups is 1. The highest BCUT2D eigenvalue weighted by Crippen LogP contribution is 2.29. The lowest BCUT2D eigenvalue weighted by Crippen LogP contribution is -2.24. The van der Waals surface area contributed by atoms with Crippen molar-refractivity contribution in [3.8, 4) is 0 Å². The Morgan fingerprint density at radius 3 is 2.11 bits per heavy atom. The van der Waals surface area contributed by atoms with E-state index in [1.165, 1.54) is 12.8 Å². The summed E-state index contributed by atoms with van der Waals surface area (Å²) in [6.45, 7) is 1.82. The highest BCUT2D eigenvalue weighted by Gasteiger charge is 2.40. The van der Waals surface area contributed by atoms with Gasteiger partial charge < -0.3 is 0 Å². The Labute approximate surface area is 112 Å². The molecule has 0 bridgehead atoms. The molecule has 0 radical (unpaired) electrons. The van der Waals surface area contributed by atoms with Crippen molar-refractivity contribution >= 4 is 17.3 Å². The third-order valence-electron chi connectivity index (χ3n) is 4.11. The summed E-state index contributed by atoms with van der Waals surface area (Å²) in [5, 5.41) is 0. The minimum absolute atomic E-state index is 0.0835. The quantitative estimate of drug-likeness (QED) is 0.602. The summed E-state index contributed by atoms with van der Waals surface area (Å²) < 4.78 is 0. The average molecular weight is 255 g/mol. The molecule has 0 aliphatic heterocycles. The summed E-state index contributed by atoms with van der Waals surface area (Å²) in [6, 6.07) is 7.38. The molecule has 0 aromatic heterocycles. The van der Waals surface area contributed by atoms with Crippen LogP contribution in [0.15, 0.2) is 29.3 Å². The molecule has 3 heteroatoms. The van der Waals surface area contributed by atoms with Gasteiger partial charge >= 0.3 is 0 Å². The van der Waals surface area contributed by atoms with Crippen LogP contribution >= 0.6 is 0 Å². The molecular formula is C16H17NO2. The van der Waals surface area contributed by atoms with Crippen LogP contribution in [0.25, 0.3) is 0 Å². The summed E-state index contributed by atoms with van der Waals surface area (Å²) in [7, 11) is 0. The molecular weight excluding hydrogens is 238 g/mol. The van der Waals surface area contributed by atoms with Crippen molar-refractivity contribution in [2.45, 2.75) is 38.6 Å². The van der Waals surface area contributed by atoms with Crippen molar-refractivity contribution in [1.82, 2.24) is 0 Å². The molecule has 0 spiro atoms. The fourth-order valence-corrected chi connectivity index (χ4v) is 3.12. The Morgan fingerprint density at radius 1 is 1.05 bits per heavy atom. The summed E-state index contributed by atoms with van der Waals surface area (Å²) >= 11 is 0. The number of carbonyl (C=O) groups excluding carboxylic acids is 2. The highest BCUT2D eigenvalue weighted by molar-refractivity contribution is 6.36. The Kier molecular flexibility index (Phi) is 3.05. The first-order chi connectivity index (χ1) is 9.18. The highest BCUT2D eigenvalue weighted by atomic mass is 16.2. The number of carbonyl (C=O) groups is 2. The van der Waals surface area contributed by atoms with Crippen molar-refractivity contribution in [3.63, 3.8) is 0 Å². The lowest BCUT2D eigenvalue weighted by atomic mass is 9.98. The topological polar surface area (TPSA) is 46.5 Å². The zero-order valence-electron chi connectivity index (χ0n) is 11.1. The van der Waals surface area contributed by atoms with E-state index in [-0.39, 0.29) is 11.6 Å². The van der Waals surface area contributed by atoms with Crippen LogP contribution in [0.5, 0.6) is 0 Å². The molecule has 0 saturated heterocycles. The number of fused-ring (bicyclic) bond motifs is 1. The summed E-state index contributed by atoms with van der Waals surface area (Å²) in [6.07, 6.45) is 4.57. The van der Waals surface area contributed by atoms with E-state index in [0.29, 0.717) is 22.9 Å². The number of hydrogen-bond acceptors (Lipinski definition) is 3. The molecule has 1 aromatic rings. The second-order valence-corrected chi connectivity index (χ2v) is 5.42. The molecule has 2 aliphatic rings. The molecule has 1 aromatic carbocycles. The summed E-state index contributed by atoms with van der Waals surface area (Å²) in [5.74, 6) is -0.835. The molecule has 19 heavy (non-hydrogen) atoms. The average Bonchev–Trinajstić information content (AvgIpc) is 2.99. The Hall–Kier alpha value is -1.77. The van der Waals surface area contributed by atoms with Gasteiger partial charge in [-0.25, -0.2) is 0 Å². The first-order valence-corrected chi connectivity index (χ1v) is 6.90. The van der Waals surface area contributed by atoms with E-state index in [1.54, 1.807) is 24.3 Å². The number of Topliss-reactive ketones (excluding diaryl/α,β-unsaturated/α-hetero) is 2. The molecule has 0 heterocycles. The third-order valence-corrected chi connectivity index (χ3v) is 4.11. The van der Waals surface area contributed by atoms with E-state index in [4.69, 9.17) is 0 Å². The van der Waals surface area contributed by atoms with Gasteiger partial charge in [0.2, 0.25) is 0 Å². The van der Waals surface area contributed by atoms with E-state index >= 15 is 0 Å². The fourth-order valence-electron chi connectivity index (χ4n) is 3.12. The van der Waals surface area contributed by atoms with Gasteiger partial charge in [0.1, 0.15) is 5.92 Å². The monoisotopic (exact) mass is 255 g/mol. The molecule has 2 aliphatic carbocycles. The molecule has 1 fully saturated rings. The first-order valence-electron chi connectivity index (χ1n) is 6.90. The number of hydrogen-bond donors (Lipinski definition) is 0. The van der Waals surface area contributed by atoms with Crippen molar-refractivity contribution < 1.29 is 9.59 Å². The molecule has 1 saturated carbocycles. The fraction of sp³-hybridized carbons (Fsp3) is 0.438. The van der Waals surface area contributed by atoms with Crippen LogP contribution in [0.1, 0.15) is 53.3 Å². The largest absolute Gasteiger partial charge is 0.293 e. The Balaban J connectivity index is 1.91. The van der Waals surface area contributed by atoms with Crippen molar-refractivity contribution in [2.24, 2.45) is 10.9 Å². The second kappa shape index (κ2) is 4.72. The zero-order valence-corrected chi connectivity index (χ0v) is 11.1. The molecule has 0 N–H and O–H groups in total. The van der Waals surface area contributed by atoms with Crippen LogP contribution in [-0.4, -0.2) is 23.3 Å². The van der Waals surface area contributed by atoms with Gasteiger partial charge in [-0.2, -0.15) is 0 Å². The maximum absolute atomic E-state index is 12.3. The molecule has 98 valence electrons. The normalized spacial score (nSPS) is 21.2. The number of nitrogens with zero attached hydrogens (tertiary/aromatic N) is 1. The SMILES string of the molecule is CC(=NC1CCCC1)C1C(=O)c2ccccc2C1=O. The van der Waals surface area contributed by atoms with E-state index in [1.807, 2.05) is 6.92 Å². The maximum Gasteiger partial charge on any atom is 0.180 e. The van der Waals surface area contributed by atoms with Gasteiger partial charge in [0.25, 0.3) is 0 Å². The van der Waals surface area contributed by atoms with Crippen LogP contribution in [0.2, 0.25) is 0 Å². The van der Waals surface area contributed by atoms with Crippen LogP contribution < -0.4 is 0 Å². The lowest BCUT2D eigenvalue weighted by Gasteiger charge is -2.10. The molecule has 0 amide bonds. The molecule has 0 atom stereocenters. The number of ketones is 2. The van der Waals surface area contributed by atoms with E-state index < -0.39 is 5.92 Å². The Morgan fingerprint density at radius 2 is 1.58 bits per heavy atom. The second-order valence-electron chi connectivity index (χ2n) is 5.42. The molecule has 0 unspecified atom stereocenters. The van der Waals surface area contributed by atoms with Gasteiger partial charge in [0.05, 0.1) is 0 Å². The predicted molar refractivity (Wildman–Crippen MR) is 74.0 cm³/mol. The van der Waals surface area contributed by atoms with Crippen LogP contribution in [0, 0.1) is 5.92 Å². The third kappa shape index (κ3) is 2.03. The van der Waals surface area contributed by atoms with Crippen molar-refractivity contribution in [1.29, 1.82) is 0 Å². The van der Waals surface area contributed by atoms with Crippen LogP contribution in [0.4, 0.5) is 0 Å². The van der Waals surface area contributed by atoms with Gasteiger partial charge in [-0.15, -0.1) is 0 Å². The first kappa shape index (κ1) is 12.3. The van der Waals surface area contributed by atoms with Gasteiger partial charge in [0.15, 0.2) is 11.6 Å². The maximum atomic E-state index is 12.3. The molecule has 3 nitrogen and oxygen atoms in total. The van der Waals surface area contributed by atoms with Gasteiger partial charge in [-0.05, 0) is 19.8 Å². The van der Waals surface area contributed by atoms with Gasteiger partial charge in [0, 0.05) is 22.9 Å². The number of rotatable bonds is 2. The minimum Gasteiger partial charge on any atom is -0.293 e. The smallest absolute Gasteiger partial charge is 0.180 e. The Bertz CT molecular complexity index is 533. The molecule has 3 rings (SSSR count). The van der Waals surface area contributed by atoms with E-state index in [9.17, 15) is 9.59 Å². The summed E-state index contributed by atoms with van der Waals surface area (Å²) in [5.41, 5.74) is 1.80. The predicted octanol–water partition coefficient (Wildman–Crippen LogP) is 3.09.